The maximum atomic E-state index is 12.9. The molecule has 0 aliphatic heterocycles. The third-order valence-electron chi connectivity index (χ3n) is 4.00. The van der Waals surface area contributed by atoms with Gasteiger partial charge in [-0.3, -0.25) is 4.79 Å². The molecule has 0 saturated carbocycles. The van der Waals surface area contributed by atoms with Gasteiger partial charge in [0.05, 0.1) is 18.6 Å². The summed E-state index contributed by atoms with van der Waals surface area (Å²) in [4.78, 5) is 12.4. The standard InChI is InChI=1S/C20H24N2O4S/c1-4-14-22(27(24,25)19-12-10-18(26-3)11-13-19)15-20(23)21-17-8-6-16(5-2)7-9-17/h4,6-13H,1,5,14-15H2,2-3H3,(H,21,23). The van der Waals surface area contributed by atoms with Crippen LogP contribution in [0.4, 0.5) is 5.69 Å². The Bertz CT molecular complexity index is 875. The summed E-state index contributed by atoms with van der Waals surface area (Å²) >= 11 is 0. The van der Waals surface area contributed by atoms with Crippen molar-refractivity contribution in [2.45, 2.75) is 18.2 Å². The van der Waals surface area contributed by atoms with Crippen LogP contribution in [0.1, 0.15) is 12.5 Å². The smallest absolute Gasteiger partial charge is 0.243 e. The molecule has 1 N–H and O–H groups in total. The molecule has 0 bridgehead atoms. The van der Waals surface area contributed by atoms with Crippen molar-refractivity contribution in [1.29, 1.82) is 0 Å². The fourth-order valence-electron chi connectivity index (χ4n) is 2.47. The number of sulfonamides is 1. The Hall–Kier alpha value is -2.64. The third kappa shape index (κ3) is 5.42. The molecule has 0 atom stereocenters. The molecule has 0 spiro atoms. The molecule has 0 fully saturated rings. The van der Waals surface area contributed by atoms with Crippen LogP contribution in [0.5, 0.6) is 5.75 Å². The van der Waals surface area contributed by atoms with Crippen LogP contribution < -0.4 is 10.1 Å². The Labute approximate surface area is 160 Å². The van der Waals surface area contributed by atoms with E-state index in [4.69, 9.17) is 4.74 Å². The lowest BCUT2D eigenvalue weighted by atomic mass is 10.1. The molecule has 7 heteroatoms. The summed E-state index contributed by atoms with van der Waals surface area (Å²) < 4.78 is 31.8. The molecule has 1 amide bonds. The van der Waals surface area contributed by atoms with Gasteiger partial charge in [-0.2, -0.15) is 4.31 Å². The van der Waals surface area contributed by atoms with Gasteiger partial charge in [0.1, 0.15) is 5.75 Å². The molecule has 2 rings (SSSR count). The number of nitrogens with one attached hydrogen (secondary N) is 1. The molecule has 0 saturated heterocycles. The number of ether oxygens (including phenoxy) is 1. The van der Waals surface area contributed by atoms with E-state index < -0.39 is 15.9 Å². The lowest BCUT2D eigenvalue weighted by Crippen LogP contribution is -2.38. The van der Waals surface area contributed by atoms with Gasteiger partial charge in [0.25, 0.3) is 0 Å². The molecule has 2 aromatic carbocycles. The van der Waals surface area contributed by atoms with E-state index in [2.05, 4.69) is 11.9 Å². The SMILES string of the molecule is C=CCN(CC(=O)Nc1ccc(CC)cc1)S(=O)(=O)c1ccc(OC)cc1. The first-order chi connectivity index (χ1) is 12.9. The first-order valence-electron chi connectivity index (χ1n) is 8.54. The zero-order valence-electron chi connectivity index (χ0n) is 15.5. The topological polar surface area (TPSA) is 75.7 Å². The number of amides is 1. The maximum Gasteiger partial charge on any atom is 0.243 e. The number of carbonyl (C=O) groups excluding carboxylic acids is 1. The number of carbonyl (C=O) groups is 1. The highest BCUT2D eigenvalue weighted by Gasteiger charge is 2.25. The van der Waals surface area contributed by atoms with Gasteiger partial charge in [0, 0.05) is 12.2 Å². The van der Waals surface area contributed by atoms with Crippen LogP contribution in [0.2, 0.25) is 0 Å². The van der Waals surface area contributed by atoms with Crippen molar-refractivity contribution in [2.24, 2.45) is 0 Å². The monoisotopic (exact) mass is 388 g/mol. The van der Waals surface area contributed by atoms with Gasteiger partial charge in [0.15, 0.2) is 0 Å². The van der Waals surface area contributed by atoms with Crippen LogP contribution >= 0.6 is 0 Å². The number of benzene rings is 2. The number of nitrogens with zero attached hydrogens (tertiary/aromatic N) is 1. The van der Waals surface area contributed by atoms with E-state index in [1.807, 2.05) is 19.1 Å². The minimum absolute atomic E-state index is 0.0244. The van der Waals surface area contributed by atoms with Crippen LogP contribution in [-0.4, -0.2) is 38.8 Å². The molecule has 0 radical (unpaired) electrons. The minimum atomic E-state index is -3.84. The van der Waals surface area contributed by atoms with Crippen molar-refractivity contribution < 1.29 is 17.9 Å². The molecule has 0 heterocycles. The van der Waals surface area contributed by atoms with Crippen LogP contribution in [0.3, 0.4) is 0 Å². The molecule has 0 aliphatic carbocycles. The Morgan fingerprint density at radius 1 is 1.15 bits per heavy atom. The second-order valence-electron chi connectivity index (χ2n) is 5.86. The normalized spacial score (nSPS) is 11.2. The van der Waals surface area contributed by atoms with Crippen LogP contribution in [0, 0.1) is 0 Å². The second kappa shape index (κ2) is 9.34. The Morgan fingerprint density at radius 3 is 2.30 bits per heavy atom. The first kappa shape index (κ1) is 20.7. The molecule has 0 aliphatic rings. The van der Waals surface area contributed by atoms with Crippen molar-refractivity contribution in [1.82, 2.24) is 4.31 Å². The number of hydrogen-bond donors (Lipinski definition) is 1. The average molecular weight is 388 g/mol. The molecular formula is C20H24N2O4S. The van der Waals surface area contributed by atoms with Crippen molar-refractivity contribution in [3.63, 3.8) is 0 Å². The number of aryl methyl sites for hydroxylation is 1. The predicted molar refractivity (Wildman–Crippen MR) is 106 cm³/mol. The van der Waals surface area contributed by atoms with Gasteiger partial charge in [-0.05, 0) is 48.4 Å². The van der Waals surface area contributed by atoms with E-state index in [0.717, 1.165) is 16.3 Å². The van der Waals surface area contributed by atoms with Crippen LogP contribution in [0.25, 0.3) is 0 Å². The predicted octanol–water partition coefficient (Wildman–Crippen LogP) is 3.07. The van der Waals surface area contributed by atoms with E-state index in [1.165, 1.54) is 25.3 Å². The summed E-state index contributed by atoms with van der Waals surface area (Å²) in [6.45, 7) is 5.35. The molecule has 0 unspecified atom stereocenters. The Balaban J connectivity index is 2.14. The minimum Gasteiger partial charge on any atom is -0.497 e. The molecular weight excluding hydrogens is 364 g/mol. The molecule has 0 aromatic heterocycles. The van der Waals surface area contributed by atoms with E-state index in [9.17, 15) is 13.2 Å². The average Bonchev–Trinajstić information content (AvgIpc) is 2.68. The highest BCUT2D eigenvalue weighted by molar-refractivity contribution is 7.89. The van der Waals surface area contributed by atoms with Gasteiger partial charge in [-0.15, -0.1) is 6.58 Å². The van der Waals surface area contributed by atoms with Gasteiger partial charge in [-0.25, -0.2) is 8.42 Å². The van der Waals surface area contributed by atoms with Crippen LogP contribution in [0.15, 0.2) is 66.1 Å². The highest BCUT2D eigenvalue weighted by atomic mass is 32.2. The van der Waals surface area contributed by atoms with Gasteiger partial charge in [0.2, 0.25) is 15.9 Å². The number of hydrogen-bond acceptors (Lipinski definition) is 4. The van der Waals surface area contributed by atoms with Crippen molar-refractivity contribution in [2.75, 3.05) is 25.5 Å². The molecule has 2 aromatic rings. The maximum absolute atomic E-state index is 12.9. The van der Waals surface area contributed by atoms with E-state index in [0.29, 0.717) is 11.4 Å². The van der Waals surface area contributed by atoms with Crippen LogP contribution in [-0.2, 0) is 21.2 Å². The zero-order chi connectivity index (χ0) is 19.9. The van der Waals surface area contributed by atoms with E-state index >= 15 is 0 Å². The number of rotatable bonds is 9. The lowest BCUT2D eigenvalue weighted by Gasteiger charge is -2.20. The van der Waals surface area contributed by atoms with Crippen molar-refractivity contribution in [3.8, 4) is 5.75 Å². The largest absolute Gasteiger partial charge is 0.497 e. The summed E-state index contributed by atoms with van der Waals surface area (Å²) in [7, 11) is -2.34. The Morgan fingerprint density at radius 2 is 1.78 bits per heavy atom. The fraction of sp³-hybridized carbons (Fsp3) is 0.250. The van der Waals surface area contributed by atoms with Gasteiger partial charge >= 0.3 is 0 Å². The molecule has 6 nitrogen and oxygen atoms in total. The van der Waals surface area contributed by atoms with Crippen molar-refractivity contribution >= 4 is 21.6 Å². The summed E-state index contributed by atoms with van der Waals surface area (Å²) in [5.74, 6) is 0.135. The quantitative estimate of drug-likeness (QED) is 0.670. The van der Waals surface area contributed by atoms with E-state index in [1.54, 1.807) is 24.3 Å². The zero-order valence-corrected chi connectivity index (χ0v) is 16.3. The fourth-order valence-corrected chi connectivity index (χ4v) is 3.84. The summed E-state index contributed by atoms with van der Waals surface area (Å²) in [5.41, 5.74) is 1.78. The third-order valence-corrected chi connectivity index (χ3v) is 5.82. The number of methoxy groups -OCH3 is 1. The summed E-state index contributed by atoms with van der Waals surface area (Å²) in [5, 5.41) is 2.72. The van der Waals surface area contributed by atoms with Gasteiger partial charge < -0.3 is 10.1 Å². The molecule has 144 valence electrons. The Kier molecular flexibility index (Phi) is 7.15. The number of anilines is 1. The highest BCUT2D eigenvalue weighted by Crippen LogP contribution is 2.19. The lowest BCUT2D eigenvalue weighted by molar-refractivity contribution is -0.116. The molecule has 27 heavy (non-hydrogen) atoms. The second-order valence-corrected chi connectivity index (χ2v) is 7.80. The summed E-state index contributed by atoms with van der Waals surface area (Å²) in [6.07, 6.45) is 2.35. The first-order valence-corrected chi connectivity index (χ1v) is 9.98. The van der Waals surface area contributed by atoms with Crippen molar-refractivity contribution in [3.05, 3.63) is 66.7 Å². The van der Waals surface area contributed by atoms with Gasteiger partial charge in [-0.1, -0.05) is 25.1 Å². The van der Waals surface area contributed by atoms with E-state index in [-0.39, 0.29) is 18.0 Å². The summed E-state index contributed by atoms with van der Waals surface area (Å²) in [6, 6.07) is 13.5.